The molecule has 0 atom stereocenters. The van der Waals surface area contributed by atoms with Crippen LogP contribution in [0.15, 0.2) is 35.4 Å². The van der Waals surface area contributed by atoms with Gasteiger partial charge in [-0.15, -0.1) is 0 Å². The van der Waals surface area contributed by atoms with Gasteiger partial charge in [-0.25, -0.2) is 4.98 Å². The van der Waals surface area contributed by atoms with Crippen molar-refractivity contribution in [2.24, 2.45) is 0 Å². The molecule has 0 amide bonds. The minimum Gasteiger partial charge on any atom is -0.395 e. The van der Waals surface area contributed by atoms with Crippen molar-refractivity contribution in [3.63, 3.8) is 0 Å². The maximum absolute atomic E-state index is 12.5. The summed E-state index contributed by atoms with van der Waals surface area (Å²) in [6.07, 6.45) is 1.51. The lowest BCUT2D eigenvalue weighted by molar-refractivity contribution is 0.0799. The molecular weight excluding hydrogens is 384 g/mol. The van der Waals surface area contributed by atoms with E-state index in [0.29, 0.717) is 17.5 Å². The fourth-order valence-electron chi connectivity index (χ4n) is 4.23. The van der Waals surface area contributed by atoms with Crippen molar-refractivity contribution in [3.8, 4) is 0 Å². The molecule has 0 aliphatic carbocycles. The second-order valence-corrected chi connectivity index (χ2v) is 7.83. The van der Waals surface area contributed by atoms with Crippen LogP contribution in [0.5, 0.6) is 0 Å². The average Bonchev–Trinajstić information content (AvgIpc) is 3.18. The number of rotatable bonds is 5. The molecule has 0 unspecified atom stereocenters. The van der Waals surface area contributed by atoms with Gasteiger partial charge < -0.3 is 14.7 Å². The Morgan fingerprint density at radius 2 is 1.97 bits per heavy atom. The van der Waals surface area contributed by atoms with Gasteiger partial charge in [-0.1, -0.05) is 0 Å². The monoisotopic (exact) mass is 410 g/mol. The van der Waals surface area contributed by atoms with Crippen LogP contribution in [-0.4, -0.2) is 68.7 Å². The molecule has 2 aliphatic heterocycles. The number of piperazine rings is 1. The SMILES string of the molecule is O=c1c2ccc(N3CCN(Cc4cc5n(n4)CCOC5)CC3)cc2ncn1CCO. The summed E-state index contributed by atoms with van der Waals surface area (Å²) in [5.41, 5.74) is 3.94. The van der Waals surface area contributed by atoms with Crippen molar-refractivity contribution in [1.82, 2.24) is 24.2 Å². The predicted molar refractivity (Wildman–Crippen MR) is 112 cm³/mol. The van der Waals surface area contributed by atoms with Gasteiger partial charge in [-0.3, -0.25) is 18.9 Å². The highest BCUT2D eigenvalue weighted by Crippen LogP contribution is 2.21. The first kappa shape index (κ1) is 19.2. The number of aliphatic hydroxyl groups is 1. The van der Waals surface area contributed by atoms with E-state index in [0.717, 1.165) is 63.0 Å². The molecule has 1 N–H and O–H groups in total. The minimum absolute atomic E-state index is 0.0786. The zero-order chi connectivity index (χ0) is 20.5. The van der Waals surface area contributed by atoms with Gasteiger partial charge in [-0.05, 0) is 24.3 Å². The molecule has 9 nitrogen and oxygen atoms in total. The van der Waals surface area contributed by atoms with Crippen LogP contribution in [0.4, 0.5) is 5.69 Å². The van der Waals surface area contributed by atoms with E-state index < -0.39 is 0 Å². The number of fused-ring (bicyclic) bond motifs is 2. The second-order valence-electron chi connectivity index (χ2n) is 7.83. The molecule has 0 saturated carbocycles. The van der Waals surface area contributed by atoms with Crippen LogP contribution in [-0.2, 0) is 31.0 Å². The zero-order valence-corrected chi connectivity index (χ0v) is 16.9. The van der Waals surface area contributed by atoms with Crippen molar-refractivity contribution < 1.29 is 9.84 Å². The molecule has 158 valence electrons. The van der Waals surface area contributed by atoms with Gasteiger partial charge in [0.05, 0.1) is 61.5 Å². The van der Waals surface area contributed by atoms with E-state index in [9.17, 15) is 4.79 Å². The number of hydrogen-bond donors (Lipinski definition) is 1. The standard InChI is InChI=1S/C21H26N6O3/c28-9-7-26-15-22-20-12-17(1-2-19(20)21(26)29)25-5-3-24(4-6-25)13-16-11-18-14-30-10-8-27(18)23-16/h1-2,11-12,15,28H,3-10,13-14H2. The molecular formula is C21H26N6O3. The van der Waals surface area contributed by atoms with Crippen LogP contribution in [0.2, 0.25) is 0 Å². The van der Waals surface area contributed by atoms with E-state index in [1.807, 2.05) is 18.2 Å². The Bertz CT molecular complexity index is 1080. The summed E-state index contributed by atoms with van der Waals surface area (Å²) in [6.45, 7) is 7.04. The van der Waals surface area contributed by atoms with Gasteiger partial charge in [0.15, 0.2) is 0 Å². The summed E-state index contributed by atoms with van der Waals surface area (Å²) in [6, 6.07) is 7.98. The lowest BCUT2D eigenvalue weighted by atomic mass is 10.2. The Morgan fingerprint density at radius 1 is 1.10 bits per heavy atom. The Kier molecular flexibility index (Phi) is 5.24. The number of aliphatic hydroxyl groups excluding tert-OH is 1. The van der Waals surface area contributed by atoms with Crippen molar-refractivity contribution in [1.29, 1.82) is 0 Å². The molecule has 0 radical (unpaired) electrons. The molecule has 3 aromatic rings. The van der Waals surface area contributed by atoms with Crippen LogP contribution in [0.3, 0.4) is 0 Å². The van der Waals surface area contributed by atoms with Crippen molar-refractivity contribution in [3.05, 3.63) is 52.3 Å². The van der Waals surface area contributed by atoms with Gasteiger partial charge in [0.1, 0.15) is 0 Å². The van der Waals surface area contributed by atoms with Gasteiger partial charge in [0, 0.05) is 38.4 Å². The number of benzene rings is 1. The van der Waals surface area contributed by atoms with Gasteiger partial charge in [0.25, 0.3) is 5.56 Å². The molecule has 30 heavy (non-hydrogen) atoms. The maximum atomic E-state index is 12.5. The first-order valence-corrected chi connectivity index (χ1v) is 10.4. The first-order chi connectivity index (χ1) is 14.7. The molecule has 5 rings (SSSR count). The van der Waals surface area contributed by atoms with E-state index in [1.165, 1.54) is 10.9 Å². The smallest absolute Gasteiger partial charge is 0.261 e. The summed E-state index contributed by atoms with van der Waals surface area (Å²) < 4.78 is 9.01. The van der Waals surface area contributed by atoms with E-state index in [1.54, 1.807) is 0 Å². The van der Waals surface area contributed by atoms with E-state index in [-0.39, 0.29) is 18.7 Å². The third-order valence-corrected chi connectivity index (χ3v) is 5.88. The number of hydrogen-bond acceptors (Lipinski definition) is 7. The predicted octanol–water partition coefficient (Wildman–Crippen LogP) is 0.438. The van der Waals surface area contributed by atoms with Crippen LogP contribution in [0.1, 0.15) is 11.4 Å². The molecule has 0 bridgehead atoms. The van der Waals surface area contributed by atoms with Crippen LogP contribution in [0, 0.1) is 0 Å². The highest BCUT2D eigenvalue weighted by molar-refractivity contribution is 5.81. The van der Waals surface area contributed by atoms with Gasteiger partial charge in [0.2, 0.25) is 0 Å². The second kappa shape index (κ2) is 8.17. The topological polar surface area (TPSA) is 88.7 Å². The quantitative estimate of drug-likeness (QED) is 0.653. The summed E-state index contributed by atoms with van der Waals surface area (Å²) in [5.74, 6) is 0. The third-order valence-electron chi connectivity index (χ3n) is 5.88. The fraction of sp³-hybridized carbons (Fsp3) is 0.476. The number of ether oxygens (including phenoxy) is 1. The number of aromatic nitrogens is 4. The Balaban J connectivity index is 1.25. The largest absolute Gasteiger partial charge is 0.395 e. The average molecular weight is 410 g/mol. The highest BCUT2D eigenvalue weighted by atomic mass is 16.5. The maximum Gasteiger partial charge on any atom is 0.261 e. The van der Waals surface area contributed by atoms with Crippen molar-refractivity contribution in [2.75, 3.05) is 44.3 Å². The molecule has 2 aliphatic rings. The van der Waals surface area contributed by atoms with Crippen LogP contribution >= 0.6 is 0 Å². The zero-order valence-electron chi connectivity index (χ0n) is 16.9. The minimum atomic E-state index is -0.112. The summed E-state index contributed by atoms with van der Waals surface area (Å²) in [4.78, 5) is 21.6. The molecule has 4 heterocycles. The summed E-state index contributed by atoms with van der Waals surface area (Å²) in [5, 5.41) is 14.4. The number of nitrogens with zero attached hydrogens (tertiary/aromatic N) is 6. The molecule has 9 heteroatoms. The summed E-state index contributed by atoms with van der Waals surface area (Å²) >= 11 is 0. The molecule has 1 saturated heterocycles. The fourth-order valence-corrected chi connectivity index (χ4v) is 4.23. The first-order valence-electron chi connectivity index (χ1n) is 10.4. The number of anilines is 1. The molecule has 0 spiro atoms. The Hall–Kier alpha value is -2.75. The van der Waals surface area contributed by atoms with Gasteiger partial charge in [-0.2, -0.15) is 5.10 Å². The third kappa shape index (κ3) is 3.71. The van der Waals surface area contributed by atoms with Crippen molar-refractivity contribution >= 4 is 16.6 Å². The molecule has 1 aromatic carbocycles. The lowest BCUT2D eigenvalue weighted by Gasteiger charge is -2.35. The van der Waals surface area contributed by atoms with Crippen LogP contribution < -0.4 is 10.5 Å². The Labute approximate surface area is 174 Å². The highest BCUT2D eigenvalue weighted by Gasteiger charge is 2.20. The van der Waals surface area contributed by atoms with E-state index in [2.05, 4.69) is 25.5 Å². The summed E-state index contributed by atoms with van der Waals surface area (Å²) in [7, 11) is 0. The van der Waals surface area contributed by atoms with E-state index in [4.69, 9.17) is 14.9 Å². The van der Waals surface area contributed by atoms with E-state index >= 15 is 0 Å². The lowest BCUT2D eigenvalue weighted by Crippen LogP contribution is -2.46. The van der Waals surface area contributed by atoms with Crippen LogP contribution in [0.25, 0.3) is 10.9 Å². The van der Waals surface area contributed by atoms with Crippen molar-refractivity contribution in [2.45, 2.75) is 26.2 Å². The van der Waals surface area contributed by atoms with Gasteiger partial charge >= 0.3 is 0 Å². The normalized spacial score (nSPS) is 17.4. The Morgan fingerprint density at radius 3 is 2.77 bits per heavy atom. The molecule has 1 fully saturated rings. The molecule has 2 aromatic heterocycles.